The second-order valence-corrected chi connectivity index (χ2v) is 5.33. The third-order valence-electron chi connectivity index (χ3n) is 3.05. The monoisotopic (exact) mass is 360 g/mol. The van der Waals surface area contributed by atoms with Crippen LogP contribution in [0.1, 0.15) is 6.92 Å². The number of anilines is 1. The first kappa shape index (κ1) is 18.7. The first-order chi connectivity index (χ1) is 12.1. The van der Waals surface area contributed by atoms with Crippen LogP contribution in [0, 0.1) is 0 Å². The fourth-order valence-electron chi connectivity index (χ4n) is 1.84. The van der Waals surface area contributed by atoms with Crippen molar-refractivity contribution in [2.45, 2.75) is 6.92 Å². The van der Waals surface area contributed by atoms with E-state index in [2.05, 4.69) is 5.32 Å². The van der Waals surface area contributed by atoms with Gasteiger partial charge in [-0.05, 0) is 55.5 Å². The van der Waals surface area contributed by atoms with Crippen molar-refractivity contribution in [1.29, 1.82) is 0 Å². The average molecular weight is 360 g/mol. The average Bonchev–Trinajstić information content (AvgIpc) is 2.62. The molecule has 0 spiro atoms. The molecule has 0 saturated heterocycles. The van der Waals surface area contributed by atoms with Crippen LogP contribution in [0.5, 0.6) is 11.5 Å². The molecule has 0 aliphatic rings. The molecule has 0 atom stereocenters. The topological polar surface area (TPSA) is 60.0 Å². The number of para-hydroxylation sites is 1. The number of ether oxygens (including phenoxy) is 2. The second-order valence-electron chi connectivity index (χ2n) is 4.95. The van der Waals surface area contributed by atoms with E-state index >= 15 is 0 Å². The van der Waals surface area contributed by atoms with Crippen molar-refractivity contribution in [2.75, 3.05) is 25.6 Å². The number of carbonyl (C=O) groups is 1. The summed E-state index contributed by atoms with van der Waals surface area (Å²) in [4.78, 5) is 16.5. The first-order valence-corrected chi connectivity index (χ1v) is 8.15. The Bertz CT molecular complexity index is 692. The lowest BCUT2D eigenvalue weighted by Gasteiger charge is -2.20. The van der Waals surface area contributed by atoms with E-state index in [1.165, 1.54) is 5.06 Å². The van der Waals surface area contributed by atoms with E-state index in [0.29, 0.717) is 11.7 Å². The van der Waals surface area contributed by atoms with E-state index in [1.807, 2.05) is 54.6 Å². The lowest BCUT2D eigenvalue weighted by Crippen LogP contribution is -2.33. The van der Waals surface area contributed by atoms with Gasteiger partial charge in [0.2, 0.25) is 0 Å². The lowest BCUT2D eigenvalue weighted by molar-refractivity contribution is -0.161. The van der Waals surface area contributed by atoms with Crippen molar-refractivity contribution >= 4 is 29.0 Å². The minimum atomic E-state index is -0.445. The van der Waals surface area contributed by atoms with Gasteiger partial charge >= 0.3 is 5.97 Å². The molecule has 7 heteroatoms. The van der Waals surface area contributed by atoms with E-state index in [9.17, 15) is 4.79 Å². The van der Waals surface area contributed by atoms with E-state index in [0.717, 1.165) is 17.2 Å². The molecule has 0 saturated carbocycles. The smallest absolute Gasteiger partial charge is 0.334 e. The van der Waals surface area contributed by atoms with Crippen LogP contribution in [0.15, 0.2) is 54.6 Å². The third kappa shape index (κ3) is 6.40. The number of nitrogens with one attached hydrogen (secondary N) is 1. The van der Waals surface area contributed by atoms with Crippen LogP contribution >= 0.6 is 12.2 Å². The molecule has 2 rings (SSSR count). The Morgan fingerprint density at radius 3 is 2.36 bits per heavy atom. The number of carbonyl (C=O) groups excluding carboxylic acids is 1. The number of benzene rings is 2. The molecule has 0 unspecified atom stereocenters. The largest absolute Gasteiger partial charge is 0.464 e. The molecule has 0 heterocycles. The Kier molecular flexibility index (Phi) is 7.18. The van der Waals surface area contributed by atoms with Crippen LogP contribution in [-0.2, 0) is 14.4 Å². The van der Waals surface area contributed by atoms with Gasteiger partial charge < -0.3 is 14.8 Å². The van der Waals surface area contributed by atoms with Gasteiger partial charge in [0.25, 0.3) is 0 Å². The molecule has 2 aromatic carbocycles. The summed E-state index contributed by atoms with van der Waals surface area (Å²) >= 11 is 5.22. The highest BCUT2D eigenvalue weighted by Crippen LogP contribution is 2.22. The molecule has 0 amide bonds. The molecular formula is C18H20N2O4S. The third-order valence-corrected chi connectivity index (χ3v) is 3.41. The molecule has 0 aliphatic heterocycles. The van der Waals surface area contributed by atoms with Crippen molar-refractivity contribution in [3.05, 3.63) is 54.6 Å². The zero-order valence-electron chi connectivity index (χ0n) is 14.1. The molecule has 132 valence electrons. The number of rotatable bonds is 7. The predicted octanol–water partition coefficient (Wildman–Crippen LogP) is 3.60. The van der Waals surface area contributed by atoms with Gasteiger partial charge in [0.1, 0.15) is 11.5 Å². The Hall–Kier alpha value is -2.64. The zero-order valence-corrected chi connectivity index (χ0v) is 14.9. The maximum atomic E-state index is 11.3. The Morgan fingerprint density at radius 1 is 1.08 bits per heavy atom. The molecule has 0 radical (unpaired) electrons. The normalized spacial score (nSPS) is 10.0. The van der Waals surface area contributed by atoms with Gasteiger partial charge in [-0.15, -0.1) is 0 Å². The van der Waals surface area contributed by atoms with Crippen LogP contribution in [0.2, 0.25) is 0 Å². The molecular weight excluding hydrogens is 340 g/mol. The van der Waals surface area contributed by atoms with Gasteiger partial charge in [-0.1, -0.05) is 18.2 Å². The van der Waals surface area contributed by atoms with E-state index < -0.39 is 5.97 Å². The van der Waals surface area contributed by atoms with Crippen molar-refractivity contribution in [3.63, 3.8) is 0 Å². The van der Waals surface area contributed by atoms with Gasteiger partial charge in [0.15, 0.2) is 11.7 Å². The first-order valence-electron chi connectivity index (χ1n) is 7.74. The number of hydroxylamine groups is 2. The fraction of sp³-hybridized carbons (Fsp3) is 0.222. The van der Waals surface area contributed by atoms with Crippen LogP contribution in [0.3, 0.4) is 0 Å². The molecule has 0 bridgehead atoms. The van der Waals surface area contributed by atoms with Gasteiger partial charge in [0.05, 0.1) is 6.61 Å². The van der Waals surface area contributed by atoms with Gasteiger partial charge in [-0.3, -0.25) is 4.84 Å². The molecule has 2 aromatic rings. The Balaban J connectivity index is 1.83. The number of hydrogen-bond acceptors (Lipinski definition) is 5. The summed E-state index contributed by atoms with van der Waals surface area (Å²) in [5, 5.41) is 4.64. The maximum Gasteiger partial charge on any atom is 0.334 e. The summed E-state index contributed by atoms with van der Waals surface area (Å²) in [5.74, 6) is 1.04. The quantitative estimate of drug-likeness (QED) is 0.460. The minimum absolute atomic E-state index is 0.198. The minimum Gasteiger partial charge on any atom is -0.464 e. The molecule has 6 nitrogen and oxygen atoms in total. The molecule has 0 fully saturated rings. The summed E-state index contributed by atoms with van der Waals surface area (Å²) in [6.07, 6.45) is 0. The summed E-state index contributed by atoms with van der Waals surface area (Å²) in [7, 11) is 1.61. The van der Waals surface area contributed by atoms with Gasteiger partial charge in [-0.25, -0.2) is 9.86 Å². The maximum absolute atomic E-state index is 11.3. The van der Waals surface area contributed by atoms with Crippen LogP contribution in [-0.4, -0.2) is 36.4 Å². The number of nitrogens with zero attached hydrogens (tertiary/aromatic N) is 1. The fourth-order valence-corrected chi connectivity index (χ4v) is 2.01. The molecule has 0 aromatic heterocycles. The van der Waals surface area contributed by atoms with Crippen LogP contribution in [0.4, 0.5) is 5.69 Å². The second kappa shape index (κ2) is 9.61. The summed E-state index contributed by atoms with van der Waals surface area (Å²) < 4.78 is 10.5. The standard InChI is InChI=1S/C18H20N2O4S/c1-3-22-17(21)13-23-20(2)18(25)19-14-9-11-16(12-10-14)24-15-7-5-4-6-8-15/h4-12H,3,13H2,1-2H3,(H,19,25). The van der Waals surface area contributed by atoms with E-state index in [4.69, 9.17) is 26.5 Å². The van der Waals surface area contributed by atoms with Crippen LogP contribution in [0.25, 0.3) is 0 Å². The van der Waals surface area contributed by atoms with Gasteiger partial charge in [-0.2, -0.15) is 0 Å². The van der Waals surface area contributed by atoms with Crippen molar-refractivity contribution in [1.82, 2.24) is 5.06 Å². The highest BCUT2D eigenvalue weighted by molar-refractivity contribution is 7.80. The van der Waals surface area contributed by atoms with Crippen LogP contribution < -0.4 is 10.1 Å². The Labute approximate surface area is 152 Å². The number of hydrogen-bond donors (Lipinski definition) is 1. The Morgan fingerprint density at radius 2 is 1.72 bits per heavy atom. The van der Waals surface area contributed by atoms with E-state index in [-0.39, 0.29) is 6.61 Å². The molecule has 0 aliphatic carbocycles. The highest BCUT2D eigenvalue weighted by Gasteiger charge is 2.09. The summed E-state index contributed by atoms with van der Waals surface area (Å²) in [5.41, 5.74) is 0.775. The molecule has 25 heavy (non-hydrogen) atoms. The van der Waals surface area contributed by atoms with Crippen molar-refractivity contribution in [2.24, 2.45) is 0 Å². The SMILES string of the molecule is CCOC(=O)CON(C)C(=S)Nc1ccc(Oc2ccccc2)cc1. The molecule has 1 N–H and O–H groups in total. The predicted molar refractivity (Wildman–Crippen MR) is 99.5 cm³/mol. The van der Waals surface area contributed by atoms with Gasteiger partial charge in [0, 0.05) is 12.7 Å². The van der Waals surface area contributed by atoms with E-state index in [1.54, 1.807) is 14.0 Å². The number of esters is 1. The zero-order chi connectivity index (χ0) is 18.1. The highest BCUT2D eigenvalue weighted by atomic mass is 32.1. The van der Waals surface area contributed by atoms with Crippen molar-refractivity contribution in [3.8, 4) is 11.5 Å². The summed E-state index contributed by atoms with van der Waals surface area (Å²) in [6.45, 7) is 1.85. The summed E-state index contributed by atoms with van der Waals surface area (Å²) in [6, 6.07) is 16.9. The van der Waals surface area contributed by atoms with Crippen molar-refractivity contribution < 1.29 is 19.1 Å². The number of thiocarbonyl (C=S) groups is 1. The lowest BCUT2D eigenvalue weighted by atomic mass is 10.3.